The van der Waals surface area contributed by atoms with Gasteiger partial charge in [0.2, 0.25) is 5.91 Å². The minimum absolute atomic E-state index is 0.0178. The Labute approximate surface area is 319 Å². The normalized spacial score (nSPS) is 23.0. The van der Waals surface area contributed by atoms with Crippen molar-refractivity contribution < 1.29 is 68.9 Å². The standard InChI is InChI=1S/C31H36Cl2F3N3O2.2C2HF3O2/c1-30(2,3)15-24-31(20-8-7-18(32)14-22(20)37-29(31)41)26(19-5-4-6-21(33)27(19)36)28(38-24)23(40)13-17-9-11-39(12-10-17)16-25(34)35;2*3-2(4,5)1(6)7/h4-8,14,17,24-26,28,38H,9-13,15-16H2,1-3H3,(H,37,41);2*(H,6,7)/t24-,26+,28+,31+;;/m1../s1. The number of carboxylic acid groups (broad SMARTS) is 2. The molecule has 55 heavy (non-hydrogen) atoms. The number of benzene rings is 2. The van der Waals surface area contributed by atoms with E-state index in [9.17, 15) is 44.7 Å². The number of nitrogens with zero attached hydrogens (tertiary/aromatic N) is 1. The van der Waals surface area contributed by atoms with E-state index in [2.05, 4.69) is 31.4 Å². The molecule has 20 heteroatoms. The van der Waals surface area contributed by atoms with E-state index in [1.165, 1.54) is 6.07 Å². The molecular formula is C35H38Cl2F9N3O6. The molecule has 3 heterocycles. The van der Waals surface area contributed by atoms with Crippen molar-refractivity contribution in [3.63, 3.8) is 0 Å². The Balaban J connectivity index is 0.000000494. The summed E-state index contributed by atoms with van der Waals surface area (Å²) in [6.45, 7) is 6.93. The molecule has 0 unspecified atom stereocenters. The molecule has 2 saturated heterocycles. The lowest BCUT2D eigenvalue weighted by Crippen LogP contribution is -2.49. The summed E-state index contributed by atoms with van der Waals surface area (Å²) in [5.41, 5.74) is -0.0829. The summed E-state index contributed by atoms with van der Waals surface area (Å²) in [7, 11) is 0. The third kappa shape index (κ3) is 11.3. The number of carbonyl (C=O) groups excluding carboxylic acids is 2. The highest BCUT2D eigenvalue weighted by molar-refractivity contribution is 6.31. The number of Topliss-reactive ketones (excluding diaryl/α,β-unsaturated/α-hetero) is 1. The molecule has 2 fully saturated rings. The van der Waals surface area contributed by atoms with Gasteiger partial charge in [-0.25, -0.2) is 22.8 Å². The number of amides is 1. The average molecular weight is 839 g/mol. The predicted octanol–water partition coefficient (Wildman–Crippen LogP) is 8.09. The number of piperidine rings is 1. The van der Waals surface area contributed by atoms with Crippen LogP contribution >= 0.6 is 23.2 Å². The molecule has 1 spiro atoms. The van der Waals surface area contributed by atoms with Crippen LogP contribution in [0.2, 0.25) is 10.0 Å². The van der Waals surface area contributed by atoms with E-state index in [0.29, 0.717) is 48.6 Å². The Morgan fingerprint density at radius 2 is 1.49 bits per heavy atom. The van der Waals surface area contributed by atoms with Crippen molar-refractivity contribution in [3.05, 3.63) is 63.4 Å². The van der Waals surface area contributed by atoms with Crippen LogP contribution in [0.15, 0.2) is 36.4 Å². The maximum Gasteiger partial charge on any atom is 0.490 e. The first-order valence-electron chi connectivity index (χ1n) is 16.6. The maximum absolute atomic E-state index is 15.9. The first-order chi connectivity index (χ1) is 25.2. The van der Waals surface area contributed by atoms with Gasteiger partial charge in [0.1, 0.15) is 11.2 Å². The zero-order valence-corrected chi connectivity index (χ0v) is 30.9. The van der Waals surface area contributed by atoms with E-state index in [-0.39, 0.29) is 46.6 Å². The molecular weight excluding hydrogens is 800 g/mol. The number of nitrogens with one attached hydrogen (secondary N) is 2. The van der Waals surface area contributed by atoms with Gasteiger partial charge in [0.05, 0.1) is 17.6 Å². The first kappa shape index (κ1) is 45.8. The minimum atomic E-state index is -5.08. The van der Waals surface area contributed by atoms with E-state index in [4.69, 9.17) is 43.0 Å². The monoisotopic (exact) mass is 837 g/mol. The van der Waals surface area contributed by atoms with E-state index in [0.717, 1.165) is 0 Å². The molecule has 2 aromatic carbocycles. The van der Waals surface area contributed by atoms with Crippen molar-refractivity contribution in [2.45, 2.75) is 88.6 Å². The number of alkyl halides is 8. The summed E-state index contributed by atoms with van der Waals surface area (Å²) in [5, 5.41) is 21.1. The first-order valence-corrected chi connectivity index (χ1v) is 17.4. The lowest BCUT2D eigenvalue weighted by molar-refractivity contribution is -0.193. The lowest BCUT2D eigenvalue weighted by atomic mass is 9.62. The quantitative estimate of drug-likeness (QED) is 0.206. The average Bonchev–Trinajstić information content (AvgIpc) is 3.51. The van der Waals surface area contributed by atoms with E-state index in [1.807, 2.05) is 0 Å². The Bertz CT molecular complexity index is 1710. The minimum Gasteiger partial charge on any atom is -0.475 e. The number of hydrogen-bond donors (Lipinski definition) is 4. The molecule has 0 saturated carbocycles. The zero-order valence-electron chi connectivity index (χ0n) is 29.4. The Hall–Kier alpha value is -3.61. The van der Waals surface area contributed by atoms with Crippen molar-refractivity contribution in [1.82, 2.24) is 10.2 Å². The van der Waals surface area contributed by atoms with Gasteiger partial charge in [-0.2, -0.15) is 26.3 Å². The second-order valence-corrected chi connectivity index (χ2v) is 15.4. The van der Waals surface area contributed by atoms with Gasteiger partial charge in [0, 0.05) is 29.1 Å². The molecule has 306 valence electrons. The number of rotatable bonds is 7. The van der Waals surface area contributed by atoms with Crippen LogP contribution < -0.4 is 10.6 Å². The number of aliphatic carboxylic acids is 2. The summed E-state index contributed by atoms with van der Waals surface area (Å²) in [6.07, 6.45) is -10.6. The molecule has 0 radical (unpaired) electrons. The van der Waals surface area contributed by atoms with Crippen molar-refractivity contribution in [2.75, 3.05) is 25.0 Å². The van der Waals surface area contributed by atoms with Gasteiger partial charge in [-0.3, -0.25) is 14.5 Å². The highest BCUT2D eigenvalue weighted by Crippen LogP contribution is 2.57. The molecule has 0 aromatic heterocycles. The number of carboxylic acids is 2. The molecule has 3 aliphatic heterocycles. The number of halogens is 11. The van der Waals surface area contributed by atoms with Crippen LogP contribution in [0.25, 0.3) is 0 Å². The Morgan fingerprint density at radius 1 is 0.945 bits per heavy atom. The number of likely N-dealkylation sites (tertiary alicyclic amines) is 1. The molecule has 1 amide bonds. The fourth-order valence-corrected chi connectivity index (χ4v) is 7.54. The van der Waals surface area contributed by atoms with Crippen LogP contribution in [0, 0.1) is 17.2 Å². The second-order valence-electron chi connectivity index (χ2n) is 14.5. The van der Waals surface area contributed by atoms with Gasteiger partial charge >= 0.3 is 24.3 Å². The summed E-state index contributed by atoms with van der Waals surface area (Å²) in [5.74, 6) is -7.44. The summed E-state index contributed by atoms with van der Waals surface area (Å²) in [4.78, 5) is 47.9. The van der Waals surface area contributed by atoms with Crippen LogP contribution in [0.4, 0.5) is 45.2 Å². The fourth-order valence-electron chi connectivity index (χ4n) is 7.18. The molecule has 9 nitrogen and oxygen atoms in total. The van der Waals surface area contributed by atoms with Gasteiger partial charge in [0.25, 0.3) is 6.43 Å². The molecule has 4 N–H and O–H groups in total. The van der Waals surface area contributed by atoms with Gasteiger partial charge in [0.15, 0.2) is 5.78 Å². The zero-order chi connectivity index (χ0) is 41.8. The van der Waals surface area contributed by atoms with Crippen molar-refractivity contribution in [2.24, 2.45) is 11.3 Å². The number of fused-ring (bicyclic) bond motifs is 2. The summed E-state index contributed by atoms with van der Waals surface area (Å²) >= 11 is 12.6. The second kappa shape index (κ2) is 17.7. The molecule has 0 bridgehead atoms. The summed E-state index contributed by atoms with van der Waals surface area (Å²) < 4.78 is 105. The molecule has 0 aliphatic carbocycles. The number of anilines is 1. The van der Waals surface area contributed by atoms with Crippen molar-refractivity contribution >= 4 is 52.5 Å². The van der Waals surface area contributed by atoms with Crippen LogP contribution in [0.1, 0.15) is 63.5 Å². The highest BCUT2D eigenvalue weighted by Gasteiger charge is 2.66. The number of ketones is 1. The smallest absolute Gasteiger partial charge is 0.475 e. The fraction of sp³-hybridized carbons (Fsp3) is 0.543. The number of hydrogen-bond acceptors (Lipinski definition) is 6. The van der Waals surface area contributed by atoms with Gasteiger partial charge in [-0.1, -0.05) is 62.2 Å². The van der Waals surface area contributed by atoms with Gasteiger partial charge in [-0.05, 0) is 73.0 Å². The maximum atomic E-state index is 15.9. The van der Waals surface area contributed by atoms with Crippen molar-refractivity contribution in [3.8, 4) is 0 Å². The van der Waals surface area contributed by atoms with E-state index < -0.39 is 60.0 Å². The van der Waals surface area contributed by atoms with Gasteiger partial charge in [-0.15, -0.1) is 0 Å². The Morgan fingerprint density at radius 3 is 1.98 bits per heavy atom. The van der Waals surface area contributed by atoms with Crippen LogP contribution in [0.3, 0.4) is 0 Å². The molecule has 5 rings (SSSR count). The summed E-state index contributed by atoms with van der Waals surface area (Å²) in [6, 6.07) is 8.55. The van der Waals surface area contributed by atoms with E-state index >= 15 is 4.39 Å². The highest BCUT2D eigenvalue weighted by atomic mass is 35.5. The largest absolute Gasteiger partial charge is 0.490 e. The van der Waals surface area contributed by atoms with Gasteiger partial charge < -0.3 is 20.8 Å². The van der Waals surface area contributed by atoms with Crippen LogP contribution in [0.5, 0.6) is 0 Å². The topological polar surface area (TPSA) is 136 Å². The SMILES string of the molecule is CC(C)(C)C[C@H]1N[C@@H](C(=O)CC2CCN(CC(F)F)CC2)[C@H](c2cccc(Cl)c2F)[C@@]12C(=O)Nc1cc(Cl)ccc12.O=C(O)C(F)(F)F.O=C(O)C(F)(F)F. The third-order valence-electron chi connectivity index (χ3n) is 9.36. The predicted molar refractivity (Wildman–Crippen MR) is 183 cm³/mol. The van der Waals surface area contributed by atoms with E-state index in [1.54, 1.807) is 35.2 Å². The molecule has 3 aliphatic rings. The van der Waals surface area contributed by atoms with Crippen LogP contribution in [-0.4, -0.2) is 89.2 Å². The number of carbonyl (C=O) groups is 4. The van der Waals surface area contributed by atoms with Crippen LogP contribution in [-0.2, 0) is 24.6 Å². The Kier molecular flexibility index (Phi) is 14.7. The lowest BCUT2D eigenvalue weighted by Gasteiger charge is -2.38. The molecule has 4 atom stereocenters. The third-order valence-corrected chi connectivity index (χ3v) is 9.89. The van der Waals surface area contributed by atoms with Crippen molar-refractivity contribution in [1.29, 1.82) is 0 Å². The molecule has 2 aromatic rings.